The summed E-state index contributed by atoms with van der Waals surface area (Å²) < 4.78 is 30.4. The molecule has 0 aliphatic rings. The van der Waals surface area contributed by atoms with Crippen LogP contribution in [-0.4, -0.2) is 12.6 Å². The topological polar surface area (TPSA) is 52.3 Å². The number of esters is 1. The fourth-order valence-corrected chi connectivity index (χ4v) is 0.927. The van der Waals surface area contributed by atoms with Gasteiger partial charge in [0.2, 0.25) is 0 Å². The number of anilines is 1. The number of carbonyl (C=O) groups is 1. The van der Waals surface area contributed by atoms with Crippen molar-refractivity contribution < 1.29 is 18.3 Å². The standard InChI is InChI=1S/C9H9F2NO2/c1-2-14-9(13)5-3-7(11)8(12)4-6(5)10/h3-4H,2,12H2,1H3. The van der Waals surface area contributed by atoms with Crippen molar-refractivity contribution in [1.29, 1.82) is 0 Å². The summed E-state index contributed by atoms with van der Waals surface area (Å²) in [7, 11) is 0. The lowest BCUT2D eigenvalue weighted by atomic mass is 10.2. The zero-order valence-corrected chi connectivity index (χ0v) is 7.51. The highest BCUT2D eigenvalue weighted by Crippen LogP contribution is 2.17. The van der Waals surface area contributed by atoms with Crippen LogP contribution in [0, 0.1) is 11.6 Å². The number of ether oxygens (including phenoxy) is 1. The maximum Gasteiger partial charge on any atom is 0.341 e. The lowest BCUT2D eigenvalue weighted by molar-refractivity contribution is 0.0520. The Morgan fingerprint density at radius 2 is 2.07 bits per heavy atom. The van der Waals surface area contributed by atoms with Crippen LogP contribution in [0.25, 0.3) is 0 Å². The van der Waals surface area contributed by atoms with Crippen LogP contribution >= 0.6 is 0 Å². The molecule has 0 bridgehead atoms. The highest BCUT2D eigenvalue weighted by Gasteiger charge is 2.15. The van der Waals surface area contributed by atoms with Gasteiger partial charge in [-0.1, -0.05) is 0 Å². The first-order valence-electron chi connectivity index (χ1n) is 3.98. The van der Waals surface area contributed by atoms with Crippen LogP contribution in [0.3, 0.4) is 0 Å². The molecular formula is C9H9F2NO2. The smallest absolute Gasteiger partial charge is 0.341 e. The molecule has 0 aliphatic carbocycles. The van der Waals surface area contributed by atoms with Gasteiger partial charge in [-0.2, -0.15) is 0 Å². The normalized spacial score (nSPS) is 9.93. The quantitative estimate of drug-likeness (QED) is 0.585. The number of hydrogen-bond donors (Lipinski definition) is 1. The summed E-state index contributed by atoms with van der Waals surface area (Å²) in [4.78, 5) is 11.1. The van der Waals surface area contributed by atoms with Crippen LogP contribution in [-0.2, 0) is 4.74 Å². The third-order valence-electron chi connectivity index (χ3n) is 1.58. The summed E-state index contributed by atoms with van der Waals surface area (Å²) >= 11 is 0. The van der Waals surface area contributed by atoms with E-state index in [1.807, 2.05) is 0 Å². The fourth-order valence-electron chi connectivity index (χ4n) is 0.927. The van der Waals surface area contributed by atoms with Crippen molar-refractivity contribution in [3.63, 3.8) is 0 Å². The Bertz CT molecular complexity index is 366. The molecule has 0 heterocycles. The summed E-state index contributed by atoms with van der Waals surface area (Å²) in [5.74, 6) is -2.62. The number of rotatable bonds is 2. The summed E-state index contributed by atoms with van der Waals surface area (Å²) in [6, 6.07) is 1.48. The number of carbonyl (C=O) groups excluding carboxylic acids is 1. The minimum atomic E-state index is -0.899. The lowest BCUT2D eigenvalue weighted by Gasteiger charge is -2.04. The zero-order chi connectivity index (χ0) is 10.7. The third-order valence-corrected chi connectivity index (χ3v) is 1.58. The molecule has 0 aliphatic heterocycles. The molecule has 14 heavy (non-hydrogen) atoms. The van der Waals surface area contributed by atoms with E-state index in [1.165, 1.54) is 0 Å². The average molecular weight is 201 g/mol. The summed E-state index contributed by atoms with van der Waals surface area (Å²) in [6.45, 7) is 1.67. The molecule has 2 N–H and O–H groups in total. The van der Waals surface area contributed by atoms with Crippen molar-refractivity contribution in [2.75, 3.05) is 12.3 Å². The fraction of sp³-hybridized carbons (Fsp3) is 0.222. The van der Waals surface area contributed by atoms with Crippen LogP contribution in [0.1, 0.15) is 17.3 Å². The zero-order valence-electron chi connectivity index (χ0n) is 7.51. The van der Waals surface area contributed by atoms with Crippen LogP contribution in [0.4, 0.5) is 14.5 Å². The first kappa shape index (κ1) is 10.4. The van der Waals surface area contributed by atoms with Crippen LogP contribution in [0.15, 0.2) is 12.1 Å². The van der Waals surface area contributed by atoms with E-state index in [-0.39, 0.29) is 12.3 Å². The van der Waals surface area contributed by atoms with Crippen molar-refractivity contribution in [2.24, 2.45) is 0 Å². The Kier molecular flexibility index (Phi) is 3.01. The van der Waals surface area contributed by atoms with Gasteiger partial charge >= 0.3 is 5.97 Å². The Morgan fingerprint density at radius 1 is 1.43 bits per heavy atom. The second kappa shape index (κ2) is 4.04. The second-order valence-electron chi connectivity index (χ2n) is 2.57. The predicted molar refractivity (Wildman–Crippen MR) is 46.7 cm³/mol. The molecule has 0 fully saturated rings. The van der Waals surface area contributed by atoms with E-state index in [2.05, 4.69) is 4.74 Å². The van der Waals surface area contributed by atoms with Gasteiger partial charge in [-0.25, -0.2) is 13.6 Å². The third kappa shape index (κ3) is 1.99. The molecule has 1 aromatic rings. The highest BCUT2D eigenvalue weighted by atomic mass is 19.1. The molecule has 5 heteroatoms. The van der Waals surface area contributed by atoms with E-state index >= 15 is 0 Å². The summed E-state index contributed by atoms with van der Waals surface area (Å²) in [5.41, 5.74) is 4.31. The molecule has 1 rings (SSSR count). The SMILES string of the molecule is CCOC(=O)c1cc(F)c(N)cc1F. The average Bonchev–Trinajstić information content (AvgIpc) is 2.11. The molecule has 0 amide bonds. The van der Waals surface area contributed by atoms with Crippen molar-refractivity contribution in [3.8, 4) is 0 Å². The van der Waals surface area contributed by atoms with Gasteiger partial charge in [0.15, 0.2) is 0 Å². The molecule has 1 aromatic carbocycles. The minimum absolute atomic E-state index is 0.101. The van der Waals surface area contributed by atoms with Gasteiger partial charge in [-0.3, -0.25) is 0 Å². The molecule has 0 atom stereocenters. The number of hydrogen-bond acceptors (Lipinski definition) is 3. The number of nitrogens with two attached hydrogens (primary N) is 1. The largest absolute Gasteiger partial charge is 0.462 e. The summed E-state index contributed by atoms with van der Waals surface area (Å²) in [6.07, 6.45) is 0. The summed E-state index contributed by atoms with van der Waals surface area (Å²) in [5, 5.41) is 0. The molecule has 0 saturated carbocycles. The molecule has 0 radical (unpaired) electrons. The predicted octanol–water partition coefficient (Wildman–Crippen LogP) is 1.72. The van der Waals surface area contributed by atoms with Gasteiger partial charge < -0.3 is 10.5 Å². The van der Waals surface area contributed by atoms with Crippen molar-refractivity contribution in [1.82, 2.24) is 0 Å². The second-order valence-corrected chi connectivity index (χ2v) is 2.57. The Hall–Kier alpha value is -1.65. The maximum absolute atomic E-state index is 13.1. The van der Waals surface area contributed by atoms with Crippen LogP contribution in [0.5, 0.6) is 0 Å². The first-order chi connectivity index (χ1) is 6.56. The van der Waals surface area contributed by atoms with E-state index in [0.717, 1.165) is 12.1 Å². The Morgan fingerprint density at radius 3 is 2.64 bits per heavy atom. The van der Waals surface area contributed by atoms with Gasteiger partial charge in [0.05, 0.1) is 17.9 Å². The van der Waals surface area contributed by atoms with E-state index in [0.29, 0.717) is 0 Å². The molecule has 0 unspecified atom stereocenters. The van der Waals surface area contributed by atoms with E-state index in [1.54, 1.807) is 6.92 Å². The maximum atomic E-state index is 13.1. The molecule has 0 aromatic heterocycles. The molecular weight excluding hydrogens is 192 g/mol. The number of nitrogen functional groups attached to an aromatic ring is 1. The molecule has 0 spiro atoms. The van der Waals surface area contributed by atoms with Crippen molar-refractivity contribution >= 4 is 11.7 Å². The molecule has 3 nitrogen and oxygen atoms in total. The Balaban J connectivity index is 3.09. The van der Waals surface area contributed by atoms with Crippen molar-refractivity contribution in [2.45, 2.75) is 6.92 Å². The highest BCUT2D eigenvalue weighted by molar-refractivity contribution is 5.90. The van der Waals surface area contributed by atoms with Gasteiger partial charge in [0, 0.05) is 6.07 Å². The van der Waals surface area contributed by atoms with Gasteiger partial charge in [-0.05, 0) is 13.0 Å². The van der Waals surface area contributed by atoms with Crippen molar-refractivity contribution in [3.05, 3.63) is 29.3 Å². The Labute approximate surface area is 79.5 Å². The molecule has 76 valence electrons. The van der Waals surface area contributed by atoms with E-state index in [4.69, 9.17) is 5.73 Å². The number of halogens is 2. The lowest BCUT2D eigenvalue weighted by Crippen LogP contribution is -2.08. The molecule has 0 saturated heterocycles. The van der Waals surface area contributed by atoms with Crippen LogP contribution < -0.4 is 5.73 Å². The first-order valence-corrected chi connectivity index (χ1v) is 3.98. The van der Waals surface area contributed by atoms with E-state index in [9.17, 15) is 13.6 Å². The monoisotopic (exact) mass is 201 g/mol. The van der Waals surface area contributed by atoms with Gasteiger partial charge in [0.25, 0.3) is 0 Å². The number of benzene rings is 1. The van der Waals surface area contributed by atoms with Crippen LogP contribution in [0.2, 0.25) is 0 Å². The van der Waals surface area contributed by atoms with E-state index < -0.39 is 23.2 Å². The van der Waals surface area contributed by atoms with Gasteiger partial charge in [0.1, 0.15) is 11.6 Å². The minimum Gasteiger partial charge on any atom is -0.462 e. The van der Waals surface area contributed by atoms with Gasteiger partial charge in [-0.15, -0.1) is 0 Å².